The SMILES string of the molecule is NC(=NO)C1CN(CC2CCC2)CCO1. The first-order valence-electron chi connectivity index (χ1n) is 5.61. The van der Waals surface area contributed by atoms with Gasteiger partial charge in [0.05, 0.1) is 6.61 Å². The van der Waals surface area contributed by atoms with Crippen molar-refractivity contribution >= 4 is 5.84 Å². The van der Waals surface area contributed by atoms with Gasteiger partial charge in [-0.25, -0.2) is 0 Å². The van der Waals surface area contributed by atoms with E-state index in [0.717, 1.165) is 25.6 Å². The standard InChI is InChI=1S/C10H19N3O2/c11-10(12-14)9-7-13(4-5-15-9)6-8-2-1-3-8/h8-9,14H,1-7H2,(H2,11,12). The highest BCUT2D eigenvalue weighted by atomic mass is 16.5. The van der Waals surface area contributed by atoms with Crippen molar-refractivity contribution < 1.29 is 9.94 Å². The van der Waals surface area contributed by atoms with Gasteiger partial charge >= 0.3 is 0 Å². The molecular formula is C10H19N3O2. The molecular weight excluding hydrogens is 194 g/mol. The van der Waals surface area contributed by atoms with Crippen LogP contribution in [0.2, 0.25) is 0 Å². The van der Waals surface area contributed by atoms with Crippen LogP contribution < -0.4 is 5.73 Å². The summed E-state index contributed by atoms with van der Waals surface area (Å²) in [6.07, 6.45) is 3.85. The Bertz CT molecular complexity index is 241. The Balaban J connectivity index is 1.80. The van der Waals surface area contributed by atoms with Crippen LogP contribution in [-0.2, 0) is 4.74 Å². The van der Waals surface area contributed by atoms with E-state index in [0.29, 0.717) is 6.61 Å². The molecule has 0 bridgehead atoms. The molecule has 2 fully saturated rings. The molecule has 1 saturated carbocycles. The third kappa shape index (κ3) is 2.60. The Hall–Kier alpha value is -0.810. The molecule has 86 valence electrons. The summed E-state index contributed by atoms with van der Waals surface area (Å²) < 4.78 is 5.44. The summed E-state index contributed by atoms with van der Waals surface area (Å²) in [5, 5.41) is 11.6. The van der Waals surface area contributed by atoms with Crippen LogP contribution in [0.25, 0.3) is 0 Å². The van der Waals surface area contributed by atoms with E-state index < -0.39 is 0 Å². The van der Waals surface area contributed by atoms with Crippen LogP contribution in [0.5, 0.6) is 0 Å². The Morgan fingerprint density at radius 2 is 2.33 bits per heavy atom. The third-order valence-corrected chi connectivity index (χ3v) is 3.34. The molecule has 0 aromatic carbocycles. The fraction of sp³-hybridized carbons (Fsp3) is 0.900. The minimum Gasteiger partial charge on any atom is -0.409 e. The summed E-state index contributed by atoms with van der Waals surface area (Å²) in [7, 11) is 0. The Morgan fingerprint density at radius 1 is 1.53 bits per heavy atom. The Labute approximate surface area is 89.9 Å². The van der Waals surface area contributed by atoms with Gasteiger partial charge in [0.1, 0.15) is 6.10 Å². The quantitative estimate of drug-likeness (QED) is 0.305. The molecule has 1 aliphatic carbocycles. The fourth-order valence-corrected chi connectivity index (χ4v) is 2.15. The Morgan fingerprint density at radius 3 is 2.93 bits per heavy atom. The summed E-state index contributed by atoms with van der Waals surface area (Å²) in [4.78, 5) is 2.36. The molecule has 0 aromatic heterocycles. The highest BCUT2D eigenvalue weighted by Gasteiger charge is 2.27. The number of rotatable bonds is 3. The highest BCUT2D eigenvalue weighted by Crippen LogP contribution is 2.27. The Kier molecular flexibility index (Phi) is 3.43. The van der Waals surface area contributed by atoms with Gasteiger partial charge in [-0.05, 0) is 18.8 Å². The number of morpholine rings is 1. The summed E-state index contributed by atoms with van der Waals surface area (Å²) in [6, 6.07) is 0. The van der Waals surface area contributed by atoms with Crippen molar-refractivity contribution in [3.63, 3.8) is 0 Å². The number of oxime groups is 1. The first-order chi connectivity index (χ1) is 7.29. The average Bonchev–Trinajstić information content (AvgIpc) is 2.23. The van der Waals surface area contributed by atoms with Crippen molar-refractivity contribution in [3.05, 3.63) is 0 Å². The number of nitrogens with two attached hydrogens (primary N) is 1. The van der Waals surface area contributed by atoms with E-state index in [2.05, 4.69) is 10.1 Å². The number of nitrogens with zero attached hydrogens (tertiary/aromatic N) is 2. The second kappa shape index (κ2) is 4.81. The minimum atomic E-state index is -0.233. The lowest BCUT2D eigenvalue weighted by Gasteiger charge is -2.37. The largest absolute Gasteiger partial charge is 0.409 e. The zero-order chi connectivity index (χ0) is 10.7. The summed E-state index contributed by atoms with van der Waals surface area (Å²) >= 11 is 0. The highest BCUT2D eigenvalue weighted by molar-refractivity contribution is 5.84. The maximum Gasteiger partial charge on any atom is 0.169 e. The summed E-state index contributed by atoms with van der Waals surface area (Å²) in [5.74, 6) is 1.05. The van der Waals surface area contributed by atoms with Gasteiger partial charge in [0.25, 0.3) is 0 Å². The smallest absolute Gasteiger partial charge is 0.169 e. The number of hydrogen-bond acceptors (Lipinski definition) is 4. The van der Waals surface area contributed by atoms with Crippen molar-refractivity contribution in [1.29, 1.82) is 0 Å². The molecule has 1 saturated heterocycles. The van der Waals surface area contributed by atoms with Crippen LogP contribution in [0, 0.1) is 5.92 Å². The van der Waals surface area contributed by atoms with Gasteiger partial charge in [0.15, 0.2) is 5.84 Å². The first kappa shape index (κ1) is 10.7. The van der Waals surface area contributed by atoms with Gasteiger partial charge in [-0.2, -0.15) is 0 Å². The molecule has 1 aliphatic heterocycles. The normalized spacial score (nSPS) is 30.1. The fourth-order valence-electron chi connectivity index (χ4n) is 2.15. The number of ether oxygens (including phenoxy) is 1. The number of amidine groups is 1. The van der Waals surface area contributed by atoms with Gasteiger partial charge in [0.2, 0.25) is 0 Å². The lowest BCUT2D eigenvalue weighted by atomic mass is 9.85. The first-order valence-corrected chi connectivity index (χ1v) is 5.61. The van der Waals surface area contributed by atoms with Crippen LogP contribution in [0.4, 0.5) is 0 Å². The van der Waals surface area contributed by atoms with Gasteiger partial charge in [0, 0.05) is 19.6 Å². The van der Waals surface area contributed by atoms with Crippen LogP contribution in [0.15, 0.2) is 5.16 Å². The van der Waals surface area contributed by atoms with Crippen molar-refractivity contribution in [2.45, 2.75) is 25.4 Å². The molecule has 0 amide bonds. The molecule has 5 heteroatoms. The zero-order valence-corrected chi connectivity index (χ0v) is 8.93. The van der Waals surface area contributed by atoms with Crippen molar-refractivity contribution in [2.24, 2.45) is 16.8 Å². The zero-order valence-electron chi connectivity index (χ0n) is 8.93. The van der Waals surface area contributed by atoms with Crippen molar-refractivity contribution in [3.8, 4) is 0 Å². The lowest BCUT2D eigenvalue weighted by molar-refractivity contribution is -0.00580. The van der Waals surface area contributed by atoms with E-state index in [9.17, 15) is 0 Å². The maximum absolute atomic E-state index is 8.58. The predicted molar refractivity (Wildman–Crippen MR) is 56.9 cm³/mol. The molecule has 1 heterocycles. The second-order valence-corrected chi connectivity index (χ2v) is 4.44. The third-order valence-electron chi connectivity index (χ3n) is 3.34. The van der Waals surface area contributed by atoms with Crippen LogP contribution >= 0.6 is 0 Å². The topological polar surface area (TPSA) is 71.1 Å². The molecule has 0 radical (unpaired) electrons. The van der Waals surface area contributed by atoms with E-state index in [1.807, 2.05) is 0 Å². The van der Waals surface area contributed by atoms with Gasteiger partial charge in [-0.15, -0.1) is 0 Å². The molecule has 1 unspecified atom stereocenters. The molecule has 2 aliphatic rings. The molecule has 1 atom stereocenters. The van der Waals surface area contributed by atoms with E-state index in [1.54, 1.807) is 0 Å². The average molecular weight is 213 g/mol. The van der Waals surface area contributed by atoms with E-state index in [-0.39, 0.29) is 11.9 Å². The van der Waals surface area contributed by atoms with E-state index in [1.165, 1.54) is 19.3 Å². The van der Waals surface area contributed by atoms with Crippen molar-refractivity contribution in [2.75, 3.05) is 26.2 Å². The van der Waals surface area contributed by atoms with Crippen LogP contribution in [-0.4, -0.2) is 48.3 Å². The van der Waals surface area contributed by atoms with Gasteiger partial charge < -0.3 is 15.7 Å². The van der Waals surface area contributed by atoms with Gasteiger partial charge in [-0.1, -0.05) is 11.6 Å². The predicted octanol–water partition coefficient (Wildman–Crippen LogP) is 0.234. The van der Waals surface area contributed by atoms with Crippen molar-refractivity contribution in [1.82, 2.24) is 4.90 Å². The second-order valence-electron chi connectivity index (χ2n) is 4.44. The maximum atomic E-state index is 8.58. The van der Waals surface area contributed by atoms with Crippen LogP contribution in [0.3, 0.4) is 0 Å². The molecule has 0 spiro atoms. The summed E-state index contributed by atoms with van der Waals surface area (Å²) in [5.41, 5.74) is 5.54. The molecule has 3 N–H and O–H groups in total. The minimum absolute atomic E-state index is 0.188. The monoisotopic (exact) mass is 213 g/mol. The van der Waals surface area contributed by atoms with E-state index in [4.69, 9.17) is 15.7 Å². The molecule has 2 rings (SSSR count). The van der Waals surface area contributed by atoms with Gasteiger partial charge in [-0.3, -0.25) is 4.90 Å². The molecule has 5 nitrogen and oxygen atoms in total. The molecule has 0 aromatic rings. The summed E-state index contributed by atoms with van der Waals surface area (Å²) in [6.45, 7) is 3.53. The van der Waals surface area contributed by atoms with Crippen LogP contribution in [0.1, 0.15) is 19.3 Å². The molecule has 15 heavy (non-hydrogen) atoms. The number of hydrogen-bond donors (Lipinski definition) is 2. The van der Waals surface area contributed by atoms with E-state index >= 15 is 0 Å². The lowest BCUT2D eigenvalue weighted by Crippen LogP contribution is -2.50.